The Balaban J connectivity index is 0.000000709. The largest absolute Gasteiger partial charge is 0.497 e. The number of fused-ring (bicyclic) bond motifs is 2. The van der Waals surface area contributed by atoms with Gasteiger partial charge < -0.3 is 24.8 Å². The zero-order valence-electron chi connectivity index (χ0n) is 20.8. The van der Waals surface area contributed by atoms with Gasteiger partial charge in [0.1, 0.15) is 11.5 Å². The van der Waals surface area contributed by atoms with Crippen LogP contribution in [0.2, 0.25) is 0 Å². The Bertz CT molecular complexity index is 1340. The van der Waals surface area contributed by atoms with E-state index in [1.165, 1.54) is 5.56 Å². The van der Waals surface area contributed by atoms with Crippen LogP contribution in [-0.4, -0.2) is 31.0 Å². The lowest BCUT2D eigenvalue weighted by molar-refractivity contribution is -0.134. The SMILES string of the molecule is CC(=O)O.COc1ccc(NC2=CC3=Nc4cc(C)ccc4N(c4ccc(OC)cc4)C3=CC2)cc1. The quantitative estimate of drug-likeness (QED) is 0.425. The summed E-state index contributed by atoms with van der Waals surface area (Å²) in [4.78, 5) is 16.3. The number of nitrogens with one attached hydrogen (secondary N) is 1. The first-order chi connectivity index (χ1) is 17.4. The van der Waals surface area contributed by atoms with Crippen molar-refractivity contribution in [1.29, 1.82) is 0 Å². The summed E-state index contributed by atoms with van der Waals surface area (Å²) >= 11 is 0. The molecule has 36 heavy (non-hydrogen) atoms. The minimum atomic E-state index is -0.833. The van der Waals surface area contributed by atoms with Crippen molar-refractivity contribution in [3.8, 4) is 11.5 Å². The van der Waals surface area contributed by atoms with Crippen LogP contribution in [0.1, 0.15) is 18.9 Å². The molecule has 0 aromatic heterocycles. The van der Waals surface area contributed by atoms with Gasteiger partial charge in [-0.2, -0.15) is 0 Å². The second kappa shape index (κ2) is 10.8. The van der Waals surface area contributed by atoms with Crippen LogP contribution in [0, 0.1) is 6.92 Å². The van der Waals surface area contributed by atoms with E-state index < -0.39 is 5.97 Å². The molecule has 1 heterocycles. The molecule has 5 rings (SSSR count). The third-order valence-corrected chi connectivity index (χ3v) is 5.67. The van der Waals surface area contributed by atoms with E-state index in [0.29, 0.717) is 0 Å². The fourth-order valence-corrected chi connectivity index (χ4v) is 4.03. The molecule has 0 unspecified atom stereocenters. The van der Waals surface area contributed by atoms with Gasteiger partial charge in [0.2, 0.25) is 0 Å². The summed E-state index contributed by atoms with van der Waals surface area (Å²) in [6.45, 7) is 3.18. The molecule has 0 saturated heterocycles. The van der Waals surface area contributed by atoms with Crippen LogP contribution >= 0.6 is 0 Å². The van der Waals surface area contributed by atoms with Crippen LogP contribution in [0.4, 0.5) is 22.7 Å². The standard InChI is InChI=1S/C27H25N3O2.C2H4O2/c1-18-4-14-26-24(16-18)29-25-17-20(28-19-5-10-22(31-2)11-6-19)7-15-27(25)30(26)21-8-12-23(32-3)13-9-21;1-2(3)4/h4-6,8-17,28H,7H2,1-3H3;1H3,(H,3,4). The summed E-state index contributed by atoms with van der Waals surface area (Å²) in [5.74, 6) is 0.849. The molecule has 0 atom stereocenters. The lowest BCUT2D eigenvalue weighted by Gasteiger charge is -2.34. The van der Waals surface area contributed by atoms with E-state index in [9.17, 15) is 0 Å². The number of hydrogen-bond donors (Lipinski definition) is 2. The molecule has 184 valence electrons. The topological polar surface area (TPSA) is 83.4 Å². The van der Waals surface area contributed by atoms with E-state index in [4.69, 9.17) is 24.4 Å². The monoisotopic (exact) mass is 483 g/mol. The van der Waals surface area contributed by atoms with Gasteiger partial charge in [-0.25, -0.2) is 4.99 Å². The zero-order valence-corrected chi connectivity index (χ0v) is 20.8. The first kappa shape index (κ1) is 24.6. The highest BCUT2D eigenvalue weighted by Gasteiger charge is 2.27. The third kappa shape index (κ3) is 5.58. The lowest BCUT2D eigenvalue weighted by atomic mass is 10.00. The van der Waals surface area contributed by atoms with Crippen molar-refractivity contribution in [1.82, 2.24) is 0 Å². The first-order valence-corrected chi connectivity index (χ1v) is 11.5. The van der Waals surface area contributed by atoms with E-state index in [0.717, 1.165) is 64.7 Å². The molecule has 1 aliphatic heterocycles. The molecular weight excluding hydrogens is 454 g/mol. The number of benzene rings is 3. The number of carbonyl (C=O) groups is 1. The Hall–Kier alpha value is -4.52. The summed E-state index contributed by atoms with van der Waals surface area (Å²) in [6, 6.07) is 22.5. The Morgan fingerprint density at radius 2 is 1.58 bits per heavy atom. The highest BCUT2D eigenvalue weighted by Crippen LogP contribution is 2.43. The predicted molar refractivity (Wildman–Crippen MR) is 144 cm³/mol. The number of anilines is 3. The number of rotatable bonds is 5. The Morgan fingerprint density at radius 1 is 0.972 bits per heavy atom. The van der Waals surface area contributed by atoms with Crippen LogP contribution in [-0.2, 0) is 4.79 Å². The van der Waals surface area contributed by atoms with Gasteiger partial charge in [-0.1, -0.05) is 12.1 Å². The van der Waals surface area contributed by atoms with Crippen molar-refractivity contribution in [2.24, 2.45) is 4.99 Å². The summed E-state index contributed by atoms with van der Waals surface area (Å²) in [7, 11) is 3.36. The number of ether oxygens (including phenoxy) is 2. The first-order valence-electron chi connectivity index (χ1n) is 11.5. The minimum Gasteiger partial charge on any atom is -0.497 e. The van der Waals surface area contributed by atoms with E-state index in [-0.39, 0.29) is 0 Å². The summed E-state index contributed by atoms with van der Waals surface area (Å²) in [6.07, 6.45) is 5.16. The highest BCUT2D eigenvalue weighted by molar-refractivity contribution is 6.17. The zero-order chi connectivity index (χ0) is 25.7. The molecule has 3 aromatic rings. The number of allylic oxidation sites excluding steroid dienone is 2. The van der Waals surface area contributed by atoms with Gasteiger partial charge >= 0.3 is 0 Å². The molecule has 0 spiro atoms. The summed E-state index contributed by atoms with van der Waals surface area (Å²) < 4.78 is 10.6. The number of nitrogens with zero attached hydrogens (tertiary/aromatic N) is 2. The van der Waals surface area contributed by atoms with E-state index in [2.05, 4.69) is 59.6 Å². The molecule has 0 amide bonds. The molecule has 0 radical (unpaired) electrons. The van der Waals surface area contributed by atoms with Crippen LogP contribution in [0.5, 0.6) is 11.5 Å². The summed E-state index contributed by atoms with van der Waals surface area (Å²) in [5, 5.41) is 10.9. The maximum absolute atomic E-state index is 9.00. The number of aryl methyl sites for hydroxylation is 1. The van der Waals surface area contributed by atoms with Crippen LogP contribution in [0.3, 0.4) is 0 Å². The van der Waals surface area contributed by atoms with Gasteiger partial charge in [0.15, 0.2) is 0 Å². The average molecular weight is 484 g/mol. The number of carboxylic acid groups (broad SMARTS) is 1. The van der Waals surface area contributed by atoms with E-state index in [1.807, 2.05) is 36.4 Å². The lowest BCUT2D eigenvalue weighted by Crippen LogP contribution is -2.27. The van der Waals surface area contributed by atoms with Crippen LogP contribution in [0.15, 0.2) is 95.3 Å². The van der Waals surface area contributed by atoms with Gasteiger partial charge in [0, 0.05) is 30.4 Å². The van der Waals surface area contributed by atoms with Crippen molar-refractivity contribution in [3.63, 3.8) is 0 Å². The van der Waals surface area contributed by atoms with Crippen molar-refractivity contribution >= 4 is 34.4 Å². The molecular formula is C29H29N3O4. The van der Waals surface area contributed by atoms with E-state index in [1.54, 1.807) is 14.2 Å². The molecule has 7 heteroatoms. The molecule has 0 fully saturated rings. The molecule has 7 nitrogen and oxygen atoms in total. The second-order valence-corrected chi connectivity index (χ2v) is 8.36. The molecule has 1 aliphatic carbocycles. The van der Waals surface area contributed by atoms with Crippen molar-refractivity contribution in [3.05, 3.63) is 95.8 Å². The van der Waals surface area contributed by atoms with Crippen molar-refractivity contribution in [2.75, 3.05) is 24.4 Å². The average Bonchev–Trinajstić information content (AvgIpc) is 2.87. The van der Waals surface area contributed by atoms with Crippen molar-refractivity contribution in [2.45, 2.75) is 20.3 Å². The molecule has 0 bridgehead atoms. The number of hydrogen-bond acceptors (Lipinski definition) is 6. The smallest absolute Gasteiger partial charge is 0.300 e. The van der Waals surface area contributed by atoms with E-state index >= 15 is 0 Å². The molecule has 0 saturated carbocycles. The Labute approximate surface area is 211 Å². The number of aliphatic imine (C=N–C) groups is 1. The van der Waals surface area contributed by atoms with Crippen molar-refractivity contribution < 1.29 is 19.4 Å². The normalized spacial score (nSPS) is 13.6. The number of methoxy groups -OCH3 is 2. The number of carboxylic acids is 1. The van der Waals surface area contributed by atoms with Gasteiger partial charge in [0.25, 0.3) is 5.97 Å². The maximum Gasteiger partial charge on any atom is 0.300 e. The minimum absolute atomic E-state index is 0.786. The molecule has 2 N–H and O–H groups in total. The van der Waals surface area contributed by atoms with Gasteiger partial charge in [-0.15, -0.1) is 0 Å². The summed E-state index contributed by atoms with van der Waals surface area (Å²) in [5.41, 5.74) is 8.47. The Morgan fingerprint density at radius 3 is 2.19 bits per heavy atom. The van der Waals surface area contributed by atoms with Crippen LogP contribution < -0.4 is 19.7 Å². The maximum atomic E-state index is 9.00. The second-order valence-electron chi connectivity index (χ2n) is 8.36. The fourth-order valence-electron chi connectivity index (χ4n) is 4.03. The van der Waals surface area contributed by atoms with Gasteiger partial charge in [-0.3, -0.25) is 4.79 Å². The number of aliphatic carboxylic acids is 1. The molecule has 3 aromatic carbocycles. The van der Waals surface area contributed by atoms with Crippen LogP contribution in [0.25, 0.3) is 0 Å². The molecule has 2 aliphatic rings. The third-order valence-electron chi connectivity index (χ3n) is 5.67. The highest BCUT2D eigenvalue weighted by atomic mass is 16.5. The van der Waals surface area contributed by atoms with Gasteiger partial charge in [0.05, 0.1) is 37.0 Å². The predicted octanol–water partition coefficient (Wildman–Crippen LogP) is 6.61. The fraction of sp³-hybridized carbons (Fsp3) is 0.172. The van der Waals surface area contributed by atoms with Gasteiger partial charge in [-0.05, 0) is 79.2 Å². The Kier molecular flexibility index (Phi) is 7.39.